The molecule has 124 valence electrons. The molecule has 0 radical (unpaired) electrons. The second-order valence-corrected chi connectivity index (χ2v) is 6.61. The van der Waals surface area contributed by atoms with Crippen LogP contribution in [0.4, 0.5) is 5.95 Å². The molecule has 0 spiro atoms. The van der Waals surface area contributed by atoms with Crippen LogP contribution in [-0.2, 0) is 7.05 Å². The predicted octanol–water partition coefficient (Wildman–Crippen LogP) is 3.28. The van der Waals surface area contributed by atoms with Crippen LogP contribution < -0.4 is 10.9 Å². The van der Waals surface area contributed by atoms with Crippen LogP contribution in [0.5, 0.6) is 5.75 Å². The molecule has 0 saturated carbocycles. The number of pyridine rings is 1. The van der Waals surface area contributed by atoms with Crippen molar-refractivity contribution in [3.63, 3.8) is 0 Å². The highest BCUT2D eigenvalue weighted by molar-refractivity contribution is 9.10. The van der Waals surface area contributed by atoms with Gasteiger partial charge in [0.05, 0.1) is 21.2 Å². The lowest BCUT2D eigenvalue weighted by Crippen LogP contribution is -2.25. The Labute approximate surface area is 147 Å². The lowest BCUT2D eigenvalue weighted by Gasteiger charge is -2.13. The number of hydrogen-bond donors (Lipinski definition) is 2. The summed E-state index contributed by atoms with van der Waals surface area (Å²) in [6, 6.07) is 7.03. The van der Waals surface area contributed by atoms with Gasteiger partial charge in [0, 0.05) is 24.7 Å². The predicted molar refractivity (Wildman–Crippen MR) is 98.3 cm³/mol. The van der Waals surface area contributed by atoms with Crippen LogP contribution in [0.3, 0.4) is 0 Å². The molecular formula is C17H17BrN4O2. The largest absolute Gasteiger partial charge is 0.507 e. The highest BCUT2D eigenvalue weighted by Gasteiger charge is 2.13. The van der Waals surface area contributed by atoms with Gasteiger partial charge >= 0.3 is 0 Å². The zero-order chi connectivity index (χ0) is 17.4. The first kappa shape index (κ1) is 16.4. The van der Waals surface area contributed by atoms with Crippen molar-refractivity contribution < 1.29 is 5.11 Å². The summed E-state index contributed by atoms with van der Waals surface area (Å²) in [4.78, 5) is 21.5. The van der Waals surface area contributed by atoms with E-state index in [0.29, 0.717) is 27.2 Å². The Kier molecular flexibility index (Phi) is 4.28. The maximum atomic E-state index is 12.6. The molecule has 0 aliphatic rings. The van der Waals surface area contributed by atoms with Gasteiger partial charge in [0.1, 0.15) is 5.75 Å². The number of anilines is 1. The third kappa shape index (κ3) is 2.87. The number of aromatic hydroxyl groups is 1. The molecule has 0 unspecified atom stereocenters. The molecule has 0 aliphatic heterocycles. The number of nitrogens with zero attached hydrogens (tertiary/aromatic N) is 3. The van der Waals surface area contributed by atoms with Crippen molar-refractivity contribution in [2.45, 2.75) is 19.9 Å². The number of nitrogens with one attached hydrogen (secondary N) is 1. The number of rotatable bonds is 3. The molecular weight excluding hydrogens is 372 g/mol. The summed E-state index contributed by atoms with van der Waals surface area (Å²) in [5.41, 5.74) is 1.49. The maximum absolute atomic E-state index is 12.6. The van der Waals surface area contributed by atoms with Crippen molar-refractivity contribution >= 4 is 32.8 Å². The number of aromatic nitrogens is 3. The van der Waals surface area contributed by atoms with E-state index >= 15 is 0 Å². The van der Waals surface area contributed by atoms with Gasteiger partial charge in [0.15, 0.2) is 0 Å². The fourth-order valence-electron chi connectivity index (χ4n) is 2.42. The van der Waals surface area contributed by atoms with E-state index in [0.717, 1.165) is 5.39 Å². The number of phenolic OH excluding ortho intramolecular Hbond substituents is 1. The highest BCUT2D eigenvalue weighted by atomic mass is 79.9. The number of phenols is 1. The molecule has 0 atom stereocenters. The Morgan fingerprint density at radius 3 is 2.71 bits per heavy atom. The fourth-order valence-corrected chi connectivity index (χ4v) is 2.89. The van der Waals surface area contributed by atoms with Crippen molar-refractivity contribution in [1.82, 2.24) is 14.5 Å². The van der Waals surface area contributed by atoms with Crippen LogP contribution in [0.25, 0.3) is 22.2 Å². The Morgan fingerprint density at radius 2 is 2.00 bits per heavy atom. The van der Waals surface area contributed by atoms with Gasteiger partial charge in [0.25, 0.3) is 5.56 Å². The third-order valence-corrected chi connectivity index (χ3v) is 4.48. The van der Waals surface area contributed by atoms with Crippen LogP contribution in [0, 0.1) is 0 Å². The van der Waals surface area contributed by atoms with E-state index in [-0.39, 0.29) is 17.4 Å². The van der Waals surface area contributed by atoms with Crippen LogP contribution >= 0.6 is 15.9 Å². The number of hydrogen-bond acceptors (Lipinski definition) is 5. The minimum Gasteiger partial charge on any atom is -0.507 e. The van der Waals surface area contributed by atoms with E-state index in [4.69, 9.17) is 0 Å². The zero-order valence-corrected chi connectivity index (χ0v) is 15.1. The van der Waals surface area contributed by atoms with Crippen molar-refractivity contribution in [3.8, 4) is 17.0 Å². The first-order valence-corrected chi connectivity index (χ1v) is 8.29. The maximum Gasteiger partial charge on any atom is 0.264 e. The lowest BCUT2D eigenvalue weighted by molar-refractivity contribution is 0.473. The summed E-state index contributed by atoms with van der Waals surface area (Å²) in [6.07, 6.45) is 1.54. The summed E-state index contributed by atoms with van der Waals surface area (Å²) in [5, 5.41) is 13.7. The van der Waals surface area contributed by atoms with Crippen molar-refractivity contribution in [2.75, 3.05) is 5.32 Å². The van der Waals surface area contributed by atoms with Crippen molar-refractivity contribution in [2.24, 2.45) is 7.05 Å². The topological polar surface area (TPSA) is 80.0 Å². The zero-order valence-electron chi connectivity index (χ0n) is 13.5. The average Bonchev–Trinajstić information content (AvgIpc) is 2.55. The molecule has 1 aromatic carbocycles. The standard InChI is InChI=1S/C17H17BrN4O2/c1-9(2)20-17-19-8-11(16(24)22(17)3)13-5-4-10-12(21-13)6-7-14(23)15(10)18/h4-9,23H,1-3H3,(H,19,20). The first-order valence-electron chi connectivity index (χ1n) is 7.49. The van der Waals surface area contributed by atoms with Crippen molar-refractivity contribution in [3.05, 3.63) is 45.3 Å². The summed E-state index contributed by atoms with van der Waals surface area (Å²) < 4.78 is 2.06. The van der Waals surface area contributed by atoms with E-state index in [1.54, 1.807) is 25.2 Å². The van der Waals surface area contributed by atoms with Gasteiger partial charge in [0.2, 0.25) is 5.95 Å². The van der Waals surface area contributed by atoms with Gasteiger partial charge < -0.3 is 10.4 Å². The van der Waals surface area contributed by atoms with Crippen LogP contribution in [0.1, 0.15) is 13.8 Å². The monoisotopic (exact) mass is 388 g/mol. The van der Waals surface area contributed by atoms with Crippen LogP contribution in [-0.4, -0.2) is 25.7 Å². The van der Waals surface area contributed by atoms with Gasteiger partial charge in [-0.2, -0.15) is 0 Å². The molecule has 2 heterocycles. The normalized spacial score (nSPS) is 11.2. The average molecular weight is 389 g/mol. The number of halogens is 1. The van der Waals surface area contributed by atoms with Gasteiger partial charge in [-0.25, -0.2) is 9.97 Å². The second kappa shape index (κ2) is 6.24. The minimum absolute atomic E-state index is 0.152. The van der Waals surface area contributed by atoms with Crippen LogP contribution in [0.2, 0.25) is 0 Å². The molecule has 0 amide bonds. The summed E-state index contributed by atoms with van der Waals surface area (Å²) >= 11 is 3.34. The minimum atomic E-state index is -0.169. The Morgan fingerprint density at radius 1 is 1.25 bits per heavy atom. The van der Waals surface area contributed by atoms with Gasteiger partial charge in [-0.15, -0.1) is 0 Å². The van der Waals surface area contributed by atoms with E-state index in [9.17, 15) is 9.90 Å². The third-order valence-electron chi connectivity index (χ3n) is 3.65. The van der Waals surface area contributed by atoms with E-state index in [2.05, 4.69) is 31.2 Å². The smallest absolute Gasteiger partial charge is 0.264 e. The molecule has 0 bridgehead atoms. The number of fused-ring (bicyclic) bond motifs is 1. The SMILES string of the molecule is CC(C)Nc1ncc(-c2ccc3c(Br)c(O)ccc3n2)c(=O)n1C. The van der Waals surface area contributed by atoms with E-state index in [1.165, 1.54) is 10.8 Å². The molecule has 24 heavy (non-hydrogen) atoms. The Balaban J connectivity index is 2.12. The summed E-state index contributed by atoms with van der Waals surface area (Å²) in [6.45, 7) is 3.97. The first-order chi connectivity index (χ1) is 11.4. The molecule has 3 aromatic rings. The Bertz CT molecular complexity index is 982. The van der Waals surface area contributed by atoms with Gasteiger partial charge in [-0.3, -0.25) is 9.36 Å². The fraction of sp³-hybridized carbons (Fsp3) is 0.235. The molecule has 0 saturated heterocycles. The van der Waals surface area contributed by atoms with Gasteiger partial charge in [-0.1, -0.05) is 0 Å². The molecule has 0 fully saturated rings. The quantitative estimate of drug-likeness (QED) is 0.719. The molecule has 2 aromatic heterocycles. The van der Waals surface area contributed by atoms with E-state index in [1.807, 2.05) is 19.9 Å². The van der Waals surface area contributed by atoms with Crippen molar-refractivity contribution in [1.29, 1.82) is 0 Å². The van der Waals surface area contributed by atoms with E-state index < -0.39 is 0 Å². The summed E-state index contributed by atoms with van der Waals surface area (Å²) in [5.74, 6) is 0.672. The lowest BCUT2D eigenvalue weighted by atomic mass is 10.1. The van der Waals surface area contributed by atoms with Crippen LogP contribution in [0.15, 0.2) is 39.7 Å². The highest BCUT2D eigenvalue weighted by Crippen LogP contribution is 2.32. The molecule has 3 rings (SSSR count). The molecule has 7 heteroatoms. The molecule has 6 nitrogen and oxygen atoms in total. The number of benzene rings is 1. The second-order valence-electron chi connectivity index (χ2n) is 5.82. The Hall–Kier alpha value is -2.41. The molecule has 0 aliphatic carbocycles. The molecule has 2 N–H and O–H groups in total. The van der Waals surface area contributed by atoms with Gasteiger partial charge in [-0.05, 0) is 54.0 Å². The summed E-state index contributed by atoms with van der Waals surface area (Å²) in [7, 11) is 1.68.